The van der Waals surface area contributed by atoms with Gasteiger partial charge in [-0.2, -0.15) is 0 Å². The average Bonchev–Trinajstić information content (AvgIpc) is 2.93. The molecule has 0 aliphatic carbocycles. The van der Waals surface area contributed by atoms with Crippen molar-refractivity contribution < 1.29 is 10.3 Å². The molecule has 1 aromatic carbocycles. The molecule has 26 heavy (non-hydrogen) atoms. The van der Waals surface area contributed by atoms with E-state index in [-0.39, 0.29) is 11.6 Å². The Morgan fingerprint density at radius 3 is 2.12 bits per heavy atom. The zero-order valence-electron chi connectivity index (χ0n) is 16.3. The lowest BCUT2D eigenvalue weighted by atomic mass is 9.91. The highest BCUT2D eigenvalue weighted by atomic mass is 16.4. The van der Waals surface area contributed by atoms with Crippen molar-refractivity contribution in [2.45, 2.75) is 34.6 Å². The molecule has 0 amide bonds. The minimum Gasteiger partial charge on any atom is -0.508 e. The van der Waals surface area contributed by atoms with Crippen molar-refractivity contribution in [3.05, 3.63) is 52.9 Å². The first-order chi connectivity index (χ1) is 12.2. The molecule has 5 heteroatoms. The number of hydrogen-bond acceptors (Lipinski definition) is 3. The van der Waals surface area contributed by atoms with Crippen molar-refractivity contribution in [1.82, 2.24) is 4.57 Å². The first kappa shape index (κ1) is 19.4. The molecular formula is C21H27N3O2. The molecule has 0 saturated heterocycles. The fraction of sp³-hybridized carbons (Fsp3) is 0.286. The van der Waals surface area contributed by atoms with E-state index >= 15 is 0 Å². The van der Waals surface area contributed by atoms with E-state index in [1.54, 1.807) is 12.1 Å². The molecule has 138 valence electrons. The number of aromatic hydroxyl groups is 1. The van der Waals surface area contributed by atoms with Gasteiger partial charge in [-0.1, -0.05) is 28.9 Å². The van der Waals surface area contributed by atoms with Gasteiger partial charge in [-0.25, -0.2) is 0 Å². The lowest BCUT2D eigenvalue weighted by Gasteiger charge is -2.11. The van der Waals surface area contributed by atoms with Crippen LogP contribution in [0, 0.1) is 0 Å². The number of rotatable bonds is 4. The Labute approximate surface area is 154 Å². The maximum atomic E-state index is 9.68. The third-order valence-corrected chi connectivity index (χ3v) is 4.83. The topological polar surface area (TPSA) is 83.8 Å². The van der Waals surface area contributed by atoms with Crippen molar-refractivity contribution in [3.63, 3.8) is 0 Å². The number of nitrogens with zero attached hydrogens (tertiary/aromatic N) is 2. The van der Waals surface area contributed by atoms with Gasteiger partial charge in [0.05, 0.1) is 11.4 Å². The predicted molar refractivity (Wildman–Crippen MR) is 108 cm³/mol. The van der Waals surface area contributed by atoms with Crippen LogP contribution in [0.25, 0.3) is 22.3 Å². The molecule has 0 aliphatic rings. The van der Waals surface area contributed by atoms with Crippen molar-refractivity contribution >= 4 is 17.0 Å². The standard InChI is InChI=1S/C21H27N3O2/c1-7-13(4)19-18(15-8-10-16(25)11-9-15)17(14(5)12(2)3)20(24(19)6)21(22)23-26/h7-11,25-26H,1-6H3,(H2,22,23)/b13-7-. The van der Waals surface area contributed by atoms with Crippen LogP contribution in [0.4, 0.5) is 0 Å². The Balaban J connectivity index is 3.08. The summed E-state index contributed by atoms with van der Waals surface area (Å²) in [4.78, 5) is 0. The molecule has 0 saturated carbocycles. The Morgan fingerprint density at radius 1 is 1.08 bits per heavy atom. The van der Waals surface area contributed by atoms with Crippen LogP contribution in [0.1, 0.15) is 51.6 Å². The predicted octanol–water partition coefficient (Wildman–Crippen LogP) is 4.73. The number of hydrogen-bond donors (Lipinski definition) is 3. The summed E-state index contributed by atoms with van der Waals surface area (Å²) in [5.74, 6) is 0.282. The van der Waals surface area contributed by atoms with E-state index in [9.17, 15) is 10.3 Å². The fourth-order valence-corrected chi connectivity index (χ4v) is 3.15. The van der Waals surface area contributed by atoms with Crippen LogP contribution < -0.4 is 5.73 Å². The maximum absolute atomic E-state index is 9.68. The van der Waals surface area contributed by atoms with Crippen molar-refractivity contribution in [2.75, 3.05) is 0 Å². The van der Waals surface area contributed by atoms with E-state index in [1.165, 1.54) is 0 Å². The average molecular weight is 353 g/mol. The number of aromatic nitrogens is 1. The molecule has 0 bridgehead atoms. The van der Waals surface area contributed by atoms with E-state index in [0.29, 0.717) is 5.69 Å². The van der Waals surface area contributed by atoms with Gasteiger partial charge in [0, 0.05) is 18.2 Å². The molecule has 2 aromatic rings. The molecule has 4 N–H and O–H groups in total. The van der Waals surface area contributed by atoms with Crippen LogP contribution in [0.5, 0.6) is 5.75 Å². The van der Waals surface area contributed by atoms with Crippen LogP contribution in [0.15, 0.2) is 41.1 Å². The minimum atomic E-state index is 0.0679. The lowest BCUT2D eigenvalue weighted by Crippen LogP contribution is -2.19. The summed E-state index contributed by atoms with van der Waals surface area (Å²) in [5, 5.41) is 22.3. The van der Waals surface area contributed by atoms with Gasteiger partial charge < -0.3 is 20.6 Å². The minimum absolute atomic E-state index is 0.0679. The zero-order chi connectivity index (χ0) is 19.6. The van der Waals surface area contributed by atoms with E-state index in [4.69, 9.17) is 5.73 Å². The van der Waals surface area contributed by atoms with Crippen LogP contribution in [-0.4, -0.2) is 20.7 Å². The Morgan fingerprint density at radius 2 is 1.65 bits per heavy atom. The van der Waals surface area contributed by atoms with Gasteiger partial charge >= 0.3 is 0 Å². The van der Waals surface area contributed by atoms with Gasteiger partial charge in [0.1, 0.15) is 5.75 Å². The summed E-state index contributed by atoms with van der Waals surface area (Å²) in [6, 6.07) is 7.10. The summed E-state index contributed by atoms with van der Waals surface area (Å²) in [7, 11) is 1.92. The Kier molecular flexibility index (Phi) is 5.60. The quantitative estimate of drug-likeness (QED) is 0.321. The molecule has 5 nitrogen and oxygen atoms in total. The number of nitrogens with two attached hydrogens (primary N) is 1. The SMILES string of the molecule is C/C=C(/C)c1c(-c2ccc(O)cc2)c(C(C)=C(C)C)c(/C(N)=N\O)n1C. The second-order valence-electron chi connectivity index (χ2n) is 6.64. The van der Waals surface area contributed by atoms with Crippen LogP contribution in [-0.2, 0) is 7.05 Å². The summed E-state index contributed by atoms with van der Waals surface area (Å²) in [6.45, 7) is 10.1. The maximum Gasteiger partial charge on any atom is 0.187 e. The van der Waals surface area contributed by atoms with E-state index < -0.39 is 0 Å². The van der Waals surface area contributed by atoms with E-state index in [1.807, 2.05) is 64.4 Å². The first-order valence-corrected chi connectivity index (χ1v) is 8.52. The van der Waals surface area contributed by atoms with Gasteiger partial charge in [0.25, 0.3) is 0 Å². The molecule has 2 rings (SSSR count). The van der Waals surface area contributed by atoms with E-state index in [0.717, 1.165) is 39.1 Å². The molecule has 1 aromatic heterocycles. The van der Waals surface area contributed by atoms with Crippen LogP contribution >= 0.6 is 0 Å². The second kappa shape index (κ2) is 7.52. The Bertz CT molecular complexity index is 910. The monoisotopic (exact) mass is 353 g/mol. The number of allylic oxidation sites excluding steroid dienone is 4. The summed E-state index contributed by atoms with van der Waals surface area (Å²) in [5.41, 5.74) is 13.9. The van der Waals surface area contributed by atoms with Crippen LogP contribution in [0.3, 0.4) is 0 Å². The number of phenols is 1. The van der Waals surface area contributed by atoms with Gasteiger partial charge in [-0.3, -0.25) is 0 Å². The molecule has 1 heterocycles. The molecule has 0 aliphatic heterocycles. The molecule has 0 radical (unpaired) electrons. The molecule has 0 spiro atoms. The molecule has 0 fully saturated rings. The molecular weight excluding hydrogens is 326 g/mol. The smallest absolute Gasteiger partial charge is 0.187 e. The molecule has 0 unspecified atom stereocenters. The van der Waals surface area contributed by atoms with Crippen molar-refractivity contribution in [2.24, 2.45) is 17.9 Å². The first-order valence-electron chi connectivity index (χ1n) is 8.52. The Hall–Kier alpha value is -2.95. The normalized spacial score (nSPS) is 12.4. The van der Waals surface area contributed by atoms with Crippen LogP contribution in [0.2, 0.25) is 0 Å². The van der Waals surface area contributed by atoms with Gasteiger partial charge in [0.15, 0.2) is 5.84 Å². The highest BCUT2D eigenvalue weighted by Crippen LogP contribution is 2.41. The number of oxime groups is 1. The second-order valence-corrected chi connectivity index (χ2v) is 6.64. The third kappa shape index (κ3) is 3.25. The lowest BCUT2D eigenvalue weighted by molar-refractivity contribution is 0.318. The van der Waals surface area contributed by atoms with Gasteiger partial charge in [-0.05, 0) is 63.5 Å². The summed E-state index contributed by atoms with van der Waals surface area (Å²) in [6.07, 6.45) is 2.04. The fourth-order valence-electron chi connectivity index (χ4n) is 3.15. The number of amidine groups is 1. The van der Waals surface area contributed by atoms with Gasteiger partial charge in [-0.15, -0.1) is 0 Å². The number of benzene rings is 1. The van der Waals surface area contributed by atoms with Crippen molar-refractivity contribution in [1.29, 1.82) is 0 Å². The number of phenolic OH excluding ortho intramolecular Hbond substituents is 1. The van der Waals surface area contributed by atoms with Gasteiger partial charge in [0.2, 0.25) is 0 Å². The highest BCUT2D eigenvalue weighted by molar-refractivity contribution is 6.06. The zero-order valence-corrected chi connectivity index (χ0v) is 16.3. The summed E-state index contributed by atoms with van der Waals surface area (Å²) < 4.78 is 1.97. The molecule has 0 atom stereocenters. The van der Waals surface area contributed by atoms with Crippen molar-refractivity contribution in [3.8, 4) is 16.9 Å². The third-order valence-electron chi connectivity index (χ3n) is 4.83. The van der Waals surface area contributed by atoms with E-state index in [2.05, 4.69) is 5.16 Å². The largest absolute Gasteiger partial charge is 0.508 e. The summed E-state index contributed by atoms with van der Waals surface area (Å²) >= 11 is 0. The highest BCUT2D eigenvalue weighted by Gasteiger charge is 2.26.